The Morgan fingerprint density at radius 3 is 2.12 bits per heavy atom. The van der Waals surface area contributed by atoms with E-state index in [4.69, 9.17) is 4.74 Å². The second kappa shape index (κ2) is 8.56. The number of carbonyl (C=O) groups excluding carboxylic acids is 2. The number of ether oxygens (including phenoxy) is 1. The minimum absolute atomic E-state index is 0.0540. The van der Waals surface area contributed by atoms with E-state index < -0.39 is 16.0 Å². The Labute approximate surface area is 190 Å². The molecule has 32 heavy (non-hydrogen) atoms. The highest BCUT2D eigenvalue weighted by Crippen LogP contribution is 2.60. The van der Waals surface area contributed by atoms with E-state index in [1.165, 1.54) is 35.7 Å². The van der Waals surface area contributed by atoms with Crippen molar-refractivity contribution in [1.29, 1.82) is 0 Å². The Morgan fingerprint density at radius 1 is 0.938 bits per heavy atom. The summed E-state index contributed by atoms with van der Waals surface area (Å²) in [5.74, 6) is 1.39. The van der Waals surface area contributed by atoms with Crippen molar-refractivity contribution in [3.63, 3.8) is 0 Å². The maximum Gasteiger partial charge on any atom is 0.338 e. The summed E-state index contributed by atoms with van der Waals surface area (Å²) in [4.78, 5) is 25.9. The van der Waals surface area contributed by atoms with E-state index in [0.717, 1.165) is 44.9 Å². The number of nitrogens with zero attached hydrogens (tertiary/aromatic N) is 1. The van der Waals surface area contributed by atoms with Crippen LogP contribution >= 0.6 is 0 Å². The minimum Gasteiger partial charge on any atom is -0.454 e. The van der Waals surface area contributed by atoms with Crippen molar-refractivity contribution in [2.45, 2.75) is 69.1 Å². The van der Waals surface area contributed by atoms with Gasteiger partial charge in [0.2, 0.25) is 10.0 Å². The zero-order valence-corrected chi connectivity index (χ0v) is 19.4. The van der Waals surface area contributed by atoms with Gasteiger partial charge in [0.05, 0.1) is 10.5 Å². The first-order chi connectivity index (χ1) is 15.4. The van der Waals surface area contributed by atoms with E-state index in [0.29, 0.717) is 30.8 Å². The van der Waals surface area contributed by atoms with Crippen LogP contribution in [0.2, 0.25) is 0 Å². The molecule has 4 bridgehead atoms. The van der Waals surface area contributed by atoms with Gasteiger partial charge in [-0.25, -0.2) is 13.2 Å². The second-order valence-corrected chi connectivity index (χ2v) is 12.5. The Morgan fingerprint density at radius 2 is 1.53 bits per heavy atom. The first-order valence-electron chi connectivity index (χ1n) is 12.2. The number of Topliss-reactive ketones (excluding diaryl/α,β-unsaturated/α-hetero) is 1. The molecular formula is C25H33NO5S. The van der Waals surface area contributed by atoms with Gasteiger partial charge in [0.1, 0.15) is 0 Å². The van der Waals surface area contributed by atoms with Gasteiger partial charge in [-0.3, -0.25) is 4.79 Å². The molecule has 0 amide bonds. The van der Waals surface area contributed by atoms with Crippen LogP contribution in [0.25, 0.3) is 0 Å². The van der Waals surface area contributed by atoms with Gasteiger partial charge in [-0.2, -0.15) is 4.31 Å². The molecule has 1 saturated heterocycles. The lowest BCUT2D eigenvalue weighted by Gasteiger charge is -2.55. The predicted molar refractivity (Wildman–Crippen MR) is 120 cm³/mol. The maximum absolute atomic E-state index is 13.1. The van der Waals surface area contributed by atoms with Gasteiger partial charge in [0.15, 0.2) is 12.4 Å². The number of rotatable bonds is 6. The summed E-state index contributed by atoms with van der Waals surface area (Å²) in [7, 11) is -3.64. The highest BCUT2D eigenvalue weighted by molar-refractivity contribution is 7.89. The van der Waals surface area contributed by atoms with Crippen molar-refractivity contribution < 1.29 is 22.7 Å². The molecule has 4 saturated carbocycles. The third kappa shape index (κ3) is 4.14. The van der Waals surface area contributed by atoms with E-state index in [2.05, 4.69) is 0 Å². The van der Waals surface area contributed by atoms with Gasteiger partial charge >= 0.3 is 5.97 Å². The number of esters is 1. The largest absolute Gasteiger partial charge is 0.454 e. The number of sulfonamides is 1. The summed E-state index contributed by atoms with van der Waals surface area (Å²) in [5.41, 5.74) is -0.119. The highest BCUT2D eigenvalue weighted by Gasteiger charge is 2.54. The molecule has 0 unspecified atom stereocenters. The number of hydrogen-bond donors (Lipinski definition) is 0. The number of benzene rings is 1. The van der Waals surface area contributed by atoms with Gasteiger partial charge in [-0.15, -0.1) is 0 Å². The van der Waals surface area contributed by atoms with Crippen LogP contribution in [0.3, 0.4) is 0 Å². The minimum atomic E-state index is -3.64. The predicted octanol–water partition coefficient (Wildman–Crippen LogP) is 4.19. The lowest BCUT2D eigenvalue weighted by Crippen LogP contribution is -2.51. The Bertz CT molecular complexity index is 958. The molecule has 0 atom stereocenters. The average molecular weight is 460 g/mol. The van der Waals surface area contributed by atoms with E-state index in [-0.39, 0.29) is 28.3 Å². The highest BCUT2D eigenvalue weighted by atomic mass is 32.2. The van der Waals surface area contributed by atoms with Crippen LogP contribution in [-0.2, 0) is 19.6 Å². The van der Waals surface area contributed by atoms with Crippen molar-refractivity contribution in [2.24, 2.45) is 23.2 Å². The summed E-state index contributed by atoms with van der Waals surface area (Å²) in [6.45, 7) is 0.807. The Hall–Kier alpha value is -1.73. The third-order valence-electron chi connectivity index (χ3n) is 8.24. The molecule has 6 nitrogen and oxygen atoms in total. The first kappa shape index (κ1) is 22.1. The van der Waals surface area contributed by atoms with E-state index in [1.54, 1.807) is 12.1 Å². The van der Waals surface area contributed by atoms with E-state index in [9.17, 15) is 18.0 Å². The molecule has 174 valence electrons. The standard InChI is InChI=1S/C25H33NO5S/c27-23(25-14-18-10-19(15-25)12-20(11-18)16-25)17-31-24(28)21-6-5-7-22(13-21)32(29,30)26-8-3-1-2-4-9-26/h5-7,13,18-20H,1-4,8-12,14-17H2. The van der Waals surface area contributed by atoms with Crippen LogP contribution in [0.5, 0.6) is 0 Å². The van der Waals surface area contributed by atoms with Crippen molar-refractivity contribution in [1.82, 2.24) is 4.31 Å². The van der Waals surface area contributed by atoms with Gasteiger partial charge in [-0.1, -0.05) is 18.9 Å². The molecule has 5 fully saturated rings. The monoisotopic (exact) mass is 459 g/mol. The molecule has 0 N–H and O–H groups in total. The number of hydrogen-bond acceptors (Lipinski definition) is 5. The normalized spacial score (nSPS) is 32.4. The van der Waals surface area contributed by atoms with Crippen molar-refractivity contribution in [2.75, 3.05) is 19.7 Å². The summed E-state index contributed by atoms with van der Waals surface area (Å²) >= 11 is 0. The fraction of sp³-hybridized carbons (Fsp3) is 0.680. The molecule has 1 aliphatic heterocycles. The molecular weight excluding hydrogens is 426 g/mol. The summed E-state index contributed by atoms with van der Waals surface area (Å²) in [6, 6.07) is 6.04. The molecule has 0 radical (unpaired) electrons. The number of ketones is 1. The van der Waals surface area contributed by atoms with Crippen molar-refractivity contribution in [3.05, 3.63) is 29.8 Å². The van der Waals surface area contributed by atoms with E-state index >= 15 is 0 Å². The molecule has 4 aliphatic carbocycles. The van der Waals surface area contributed by atoms with Crippen LogP contribution in [0.15, 0.2) is 29.2 Å². The number of carbonyl (C=O) groups is 2. The van der Waals surface area contributed by atoms with Crippen LogP contribution in [0.1, 0.15) is 74.6 Å². The molecule has 6 rings (SSSR count). The van der Waals surface area contributed by atoms with Gasteiger partial charge < -0.3 is 4.74 Å². The molecule has 0 aromatic heterocycles. The molecule has 1 aromatic carbocycles. The molecule has 1 heterocycles. The summed E-state index contributed by atoms with van der Waals surface area (Å²) in [5, 5.41) is 0. The quantitative estimate of drug-likeness (QED) is 0.596. The third-order valence-corrected chi connectivity index (χ3v) is 10.1. The van der Waals surface area contributed by atoms with Gasteiger partial charge in [0, 0.05) is 18.5 Å². The lowest BCUT2D eigenvalue weighted by molar-refractivity contribution is -0.147. The smallest absolute Gasteiger partial charge is 0.338 e. The summed E-state index contributed by atoms with van der Waals surface area (Å²) < 4.78 is 33.1. The van der Waals surface area contributed by atoms with Crippen LogP contribution in [-0.4, -0.2) is 44.2 Å². The molecule has 1 aromatic rings. The second-order valence-electron chi connectivity index (χ2n) is 10.5. The molecule has 0 spiro atoms. The van der Waals surface area contributed by atoms with Gasteiger partial charge in [0.25, 0.3) is 0 Å². The maximum atomic E-state index is 13.1. The van der Waals surface area contributed by atoms with Crippen LogP contribution in [0.4, 0.5) is 0 Å². The Kier molecular flexibility index (Phi) is 5.91. The first-order valence-corrected chi connectivity index (χ1v) is 13.6. The Balaban J connectivity index is 1.25. The fourth-order valence-electron chi connectivity index (χ4n) is 7.03. The molecule has 5 aliphatic rings. The van der Waals surface area contributed by atoms with Gasteiger partial charge in [-0.05, 0) is 87.3 Å². The zero-order chi connectivity index (χ0) is 22.3. The lowest BCUT2D eigenvalue weighted by atomic mass is 9.48. The van der Waals surface area contributed by atoms with Crippen molar-refractivity contribution >= 4 is 21.8 Å². The van der Waals surface area contributed by atoms with E-state index in [1.807, 2.05) is 0 Å². The fourth-order valence-corrected chi connectivity index (χ4v) is 8.60. The SMILES string of the molecule is O=C(OCC(=O)C12CC3CC(CC(C3)C1)C2)c1cccc(S(=O)(=O)N2CCCCCC2)c1. The molecule has 7 heteroatoms. The average Bonchev–Trinajstić information content (AvgIpc) is 3.06. The van der Waals surface area contributed by atoms with Crippen molar-refractivity contribution in [3.8, 4) is 0 Å². The zero-order valence-electron chi connectivity index (χ0n) is 18.6. The van der Waals surface area contributed by atoms with Crippen LogP contribution < -0.4 is 0 Å². The topological polar surface area (TPSA) is 80.8 Å². The summed E-state index contributed by atoms with van der Waals surface area (Å²) in [6.07, 6.45) is 10.4. The van der Waals surface area contributed by atoms with Crippen LogP contribution in [0, 0.1) is 23.2 Å².